The van der Waals surface area contributed by atoms with Crippen LogP contribution in [0.25, 0.3) is 0 Å². The summed E-state index contributed by atoms with van der Waals surface area (Å²) in [6.45, 7) is 11.8. The molecule has 0 aromatic carbocycles. The number of aliphatic hydroxyl groups is 1. The normalized spacial score (nSPS) is 33.3. The van der Waals surface area contributed by atoms with E-state index < -0.39 is 41.6 Å². The number of likely N-dealkylation sites (tertiary alicyclic amines) is 1. The molecule has 4 aliphatic heterocycles. The fourth-order valence-electron chi connectivity index (χ4n) is 6.57. The van der Waals surface area contributed by atoms with Crippen molar-refractivity contribution in [3.63, 3.8) is 0 Å². The van der Waals surface area contributed by atoms with Crippen molar-refractivity contribution in [3.05, 3.63) is 12.7 Å². The van der Waals surface area contributed by atoms with E-state index in [1.54, 1.807) is 11.0 Å². The lowest BCUT2D eigenvalue weighted by molar-refractivity contribution is -0.153. The van der Waals surface area contributed by atoms with E-state index in [1.165, 1.54) is 4.90 Å². The average molecular weight is 494 g/mol. The molecule has 0 saturated carbocycles. The molecule has 35 heavy (non-hydrogen) atoms. The molecule has 4 fully saturated rings. The van der Waals surface area contributed by atoms with Crippen molar-refractivity contribution in [2.45, 2.75) is 56.9 Å². The number of rotatable bonds is 11. The molecule has 0 aromatic rings. The molecule has 0 radical (unpaired) electrons. The van der Waals surface area contributed by atoms with Gasteiger partial charge in [0.2, 0.25) is 11.8 Å². The highest BCUT2D eigenvalue weighted by atomic mass is 16.5. The van der Waals surface area contributed by atoms with Crippen molar-refractivity contribution in [2.75, 3.05) is 52.5 Å². The molecule has 6 atom stereocenters. The van der Waals surface area contributed by atoms with Gasteiger partial charge in [-0.2, -0.15) is 0 Å². The lowest BCUT2D eigenvalue weighted by Crippen LogP contribution is -2.59. The predicted molar refractivity (Wildman–Crippen MR) is 126 cm³/mol. The number of ether oxygens (including phenoxy) is 2. The van der Waals surface area contributed by atoms with E-state index in [4.69, 9.17) is 9.47 Å². The van der Waals surface area contributed by atoms with Gasteiger partial charge in [0.1, 0.15) is 11.6 Å². The van der Waals surface area contributed by atoms with Gasteiger partial charge in [-0.05, 0) is 25.2 Å². The Morgan fingerprint density at radius 2 is 2.03 bits per heavy atom. The van der Waals surface area contributed by atoms with Crippen molar-refractivity contribution in [3.8, 4) is 0 Å². The Balaban J connectivity index is 1.67. The molecule has 0 aliphatic carbocycles. The van der Waals surface area contributed by atoms with E-state index in [2.05, 4.69) is 11.5 Å². The van der Waals surface area contributed by atoms with E-state index >= 15 is 0 Å². The predicted octanol–water partition coefficient (Wildman–Crippen LogP) is 0.199. The first-order chi connectivity index (χ1) is 16.7. The second-order valence-corrected chi connectivity index (χ2v) is 10.6. The first-order valence-corrected chi connectivity index (χ1v) is 12.8. The van der Waals surface area contributed by atoms with Crippen LogP contribution in [0.2, 0.25) is 0 Å². The van der Waals surface area contributed by atoms with Crippen LogP contribution in [0.5, 0.6) is 0 Å². The molecule has 1 spiro atoms. The largest absolute Gasteiger partial charge is 0.481 e. The molecule has 10 nitrogen and oxygen atoms in total. The summed E-state index contributed by atoms with van der Waals surface area (Å²) in [6.07, 6.45) is 2.55. The Kier molecular flexibility index (Phi) is 7.85. The van der Waals surface area contributed by atoms with Crippen LogP contribution in [0.1, 0.15) is 33.1 Å². The third-order valence-electron chi connectivity index (χ3n) is 8.06. The van der Waals surface area contributed by atoms with Gasteiger partial charge < -0.3 is 29.5 Å². The van der Waals surface area contributed by atoms with E-state index in [0.29, 0.717) is 52.1 Å². The van der Waals surface area contributed by atoms with Crippen LogP contribution in [0.3, 0.4) is 0 Å². The molecular weight excluding hydrogens is 454 g/mol. The smallest absolute Gasteiger partial charge is 0.310 e. The van der Waals surface area contributed by atoms with Crippen LogP contribution in [0.15, 0.2) is 12.7 Å². The standard InChI is InChI=1S/C25H39N3O7/c1-4-7-27(9-8-26-10-12-34-13-11-26)23(31)21-25-6-5-18(35-25)19(24(32)33)20(25)22(30)28(21)17(15-29)14-16(2)3/h4,16-21,29H,1,5-15H2,2-3H3,(H,32,33)/t17-,18+,19-,20+,21?,25?/m1/s1. The van der Waals surface area contributed by atoms with Crippen molar-refractivity contribution in [1.29, 1.82) is 0 Å². The SMILES string of the molecule is C=CCN(CCN1CCOCC1)C(=O)C1N([C@@H](CO)CC(C)C)C(=O)[C@@H]2[C@H](C(=O)O)[C@@H]3CCC12O3. The number of morpholine rings is 1. The highest BCUT2D eigenvalue weighted by molar-refractivity contribution is 5.98. The van der Waals surface area contributed by atoms with Gasteiger partial charge >= 0.3 is 5.97 Å². The van der Waals surface area contributed by atoms with E-state index in [1.807, 2.05) is 13.8 Å². The third kappa shape index (κ3) is 4.61. The van der Waals surface area contributed by atoms with Crippen LogP contribution >= 0.6 is 0 Å². The fourth-order valence-corrected chi connectivity index (χ4v) is 6.57. The van der Waals surface area contributed by atoms with Gasteiger partial charge in [-0.15, -0.1) is 6.58 Å². The van der Waals surface area contributed by atoms with Gasteiger partial charge in [-0.1, -0.05) is 19.9 Å². The summed E-state index contributed by atoms with van der Waals surface area (Å²) < 4.78 is 11.7. The van der Waals surface area contributed by atoms with Gasteiger partial charge in [0.25, 0.3) is 0 Å². The molecular formula is C25H39N3O7. The molecule has 4 saturated heterocycles. The van der Waals surface area contributed by atoms with Crippen LogP contribution < -0.4 is 0 Å². The Bertz CT molecular complexity index is 830. The molecule has 10 heteroatoms. The zero-order valence-corrected chi connectivity index (χ0v) is 20.8. The third-order valence-corrected chi connectivity index (χ3v) is 8.06. The summed E-state index contributed by atoms with van der Waals surface area (Å²) >= 11 is 0. The molecule has 2 N–H and O–H groups in total. The monoisotopic (exact) mass is 493 g/mol. The Morgan fingerprint density at radius 1 is 1.31 bits per heavy atom. The Morgan fingerprint density at radius 3 is 2.63 bits per heavy atom. The Labute approximate surface area is 206 Å². The maximum atomic E-state index is 14.2. The van der Waals surface area contributed by atoms with Crippen molar-refractivity contribution in [1.82, 2.24) is 14.7 Å². The topological polar surface area (TPSA) is 120 Å². The number of nitrogens with zero attached hydrogens (tertiary/aromatic N) is 3. The highest BCUT2D eigenvalue weighted by Gasteiger charge is 2.75. The maximum Gasteiger partial charge on any atom is 0.310 e. The second-order valence-electron chi connectivity index (χ2n) is 10.6. The molecule has 2 unspecified atom stereocenters. The quantitative estimate of drug-likeness (QED) is 0.392. The summed E-state index contributed by atoms with van der Waals surface area (Å²) in [6, 6.07) is -1.55. The second kappa shape index (κ2) is 10.5. The number of carbonyl (C=O) groups is 3. The number of hydrogen-bond donors (Lipinski definition) is 2. The molecule has 4 rings (SSSR count). The highest BCUT2D eigenvalue weighted by Crippen LogP contribution is 2.59. The number of amides is 2. The minimum absolute atomic E-state index is 0.173. The lowest BCUT2D eigenvalue weighted by Gasteiger charge is -2.40. The number of carboxylic acid groups (broad SMARTS) is 1. The van der Waals surface area contributed by atoms with Crippen molar-refractivity contribution in [2.24, 2.45) is 17.8 Å². The van der Waals surface area contributed by atoms with Crippen molar-refractivity contribution < 1.29 is 34.1 Å². The summed E-state index contributed by atoms with van der Waals surface area (Å²) in [5, 5.41) is 20.2. The van der Waals surface area contributed by atoms with E-state index in [-0.39, 0.29) is 24.3 Å². The van der Waals surface area contributed by atoms with Crippen molar-refractivity contribution >= 4 is 17.8 Å². The van der Waals surface area contributed by atoms with Gasteiger partial charge in [0, 0.05) is 32.7 Å². The van der Waals surface area contributed by atoms with E-state index in [9.17, 15) is 24.6 Å². The number of aliphatic carboxylic acids is 1. The minimum atomic E-state index is -1.18. The number of aliphatic hydroxyl groups excluding tert-OH is 1. The Hall–Kier alpha value is -2.01. The fraction of sp³-hybridized carbons (Fsp3) is 0.800. The number of hydrogen-bond acceptors (Lipinski definition) is 7. The van der Waals surface area contributed by atoms with Crippen LogP contribution in [0.4, 0.5) is 0 Å². The zero-order valence-electron chi connectivity index (χ0n) is 20.8. The van der Waals surface area contributed by atoms with Crippen LogP contribution in [-0.4, -0.2) is 119 Å². The molecule has 2 amide bonds. The number of carboxylic acids is 1. The van der Waals surface area contributed by atoms with Crippen LogP contribution in [0, 0.1) is 17.8 Å². The summed E-state index contributed by atoms with van der Waals surface area (Å²) in [4.78, 5) is 45.6. The summed E-state index contributed by atoms with van der Waals surface area (Å²) in [5.74, 6) is -3.43. The molecule has 4 aliphatic rings. The minimum Gasteiger partial charge on any atom is -0.481 e. The summed E-state index contributed by atoms with van der Waals surface area (Å²) in [5.41, 5.74) is -1.18. The molecule has 4 heterocycles. The zero-order chi connectivity index (χ0) is 25.3. The summed E-state index contributed by atoms with van der Waals surface area (Å²) in [7, 11) is 0. The van der Waals surface area contributed by atoms with Gasteiger partial charge in [0.05, 0.1) is 43.8 Å². The molecule has 196 valence electrons. The first kappa shape index (κ1) is 26.1. The number of fused-ring (bicyclic) bond motifs is 1. The molecule has 0 aromatic heterocycles. The molecule has 2 bridgehead atoms. The van der Waals surface area contributed by atoms with Gasteiger partial charge in [-0.25, -0.2) is 0 Å². The lowest BCUT2D eigenvalue weighted by atomic mass is 9.70. The first-order valence-electron chi connectivity index (χ1n) is 12.8. The number of carbonyl (C=O) groups excluding carboxylic acids is 2. The van der Waals surface area contributed by atoms with Gasteiger partial charge in [0.15, 0.2) is 0 Å². The van der Waals surface area contributed by atoms with E-state index in [0.717, 1.165) is 13.1 Å². The maximum absolute atomic E-state index is 14.2. The average Bonchev–Trinajstić information content (AvgIpc) is 3.47. The van der Waals surface area contributed by atoms with Crippen LogP contribution in [-0.2, 0) is 23.9 Å². The van der Waals surface area contributed by atoms with Gasteiger partial charge in [-0.3, -0.25) is 19.3 Å².